The predicted octanol–water partition coefficient (Wildman–Crippen LogP) is 3.26. The van der Waals surface area contributed by atoms with Gasteiger partial charge in [0.2, 0.25) is 0 Å². The number of carbonyl (C=O) groups is 1. The molecular weight excluding hydrogens is 214 g/mol. The van der Waals surface area contributed by atoms with Crippen molar-refractivity contribution in [3.8, 4) is 0 Å². The molecule has 3 nitrogen and oxygen atoms in total. The number of ether oxygens (including phenoxy) is 1. The molecule has 96 valence electrons. The summed E-state index contributed by atoms with van der Waals surface area (Å²) in [5.41, 5.74) is -0.216. The highest BCUT2D eigenvalue weighted by Crippen LogP contribution is 2.48. The second-order valence-electron chi connectivity index (χ2n) is 6.20. The Morgan fingerprint density at radius 2 is 1.71 bits per heavy atom. The Morgan fingerprint density at radius 1 is 1.18 bits per heavy atom. The maximum absolute atomic E-state index is 11.7. The van der Waals surface area contributed by atoms with Gasteiger partial charge in [0.05, 0.1) is 0 Å². The minimum atomic E-state index is -0.262. The molecule has 2 atom stereocenters. The van der Waals surface area contributed by atoms with Crippen LogP contribution in [-0.2, 0) is 4.74 Å². The van der Waals surface area contributed by atoms with Crippen LogP contribution in [0.3, 0.4) is 0 Å². The number of nitrogens with one attached hydrogen (secondary N) is 1. The minimum absolute atomic E-state index is 0.164. The van der Waals surface area contributed by atoms with Gasteiger partial charge in [-0.3, -0.25) is 0 Å². The number of hydrogen-bond donors (Lipinski definition) is 1. The van der Waals surface area contributed by atoms with Gasteiger partial charge in [-0.1, -0.05) is 12.2 Å². The van der Waals surface area contributed by atoms with Gasteiger partial charge in [0, 0.05) is 17.4 Å². The average Bonchev–Trinajstić information content (AvgIpc) is 2.71. The maximum Gasteiger partial charge on any atom is 0.407 e. The van der Waals surface area contributed by atoms with Crippen molar-refractivity contribution in [1.82, 2.24) is 5.32 Å². The first-order valence-electron chi connectivity index (χ1n) is 6.61. The van der Waals surface area contributed by atoms with Crippen LogP contribution < -0.4 is 5.32 Å². The van der Waals surface area contributed by atoms with Crippen molar-refractivity contribution in [3.05, 3.63) is 12.2 Å². The van der Waals surface area contributed by atoms with Crippen molar-refractivity contribution >= 4 is 6.09 Å². The van der Waals surface area contributed by atoms with E-state index in [1.54, 1.807) is 0 Å². The zero-order chi connectivity index (χ0) is 12.5. The second kappa shape index (κ2) is 4.71. The molecule has 0 heterocycles. The Bertz CT molecular complexity index is 301. The molecule has 0 saturated heterocycles. The third kappa shape index (κ3) is 3.48. The van der Waals surface area contributed by atoms with Crippen LogP contribution in [0.5, 0.6) is 0 Å². The standard InChI is InChI=1S/C14H23NO2/c1-14(2,3)15-13(16)17-12-10-8-6-4-5-7-9-11(10)12/h4-5,10-12H,6-9H2,1-3H3,(H,15,16)/b5-4+. The fourth-order valence-electron chi connectivity index (χ4n) is 2.61. The van der Waals surface area contributed by atoms with Gasteiger partial charge in [-0.05, 0) is 46.5 Å². The first-order valence-corrected chi connectivity index (χ1v) is 6.61. The lowest BCUT2D eigenvalue weighted by molar-refractivity contribution is 0.120. The van der Waals surface area contributed by atoms with E-state index in [2.05, 4.69) is 17.5 Å². The van der Waals surface area contributed by atoms with Crippen molar-refractivity contribution in [1.29, 1.82) is 0 Å². The van der Waals surface area contributed by atoms with Crippen LogP contribution in [0, 0.1) is 11.8 Å². The number of allylic oxidation sites excluding steroid dienone is 2. The maximum atomic E-state index is 11.7. The molecule has 1 amide bonds. The molecule has 2 rings (SSSR count). The van der Waals surface area contributed by atoms with Gasteiger partial charge in [0.25, 0.3) is 0 Å². The molecule has 0 aromatic rings. The zero-order valence-corrected chi connectivity index (χ0v) is 11.0. The van der Waals surface area contributed by atoms with Crippen LogP contribution in [0.2, 0.25) is 0 Å². The van der Waals surface area contributed by atoms with Gasteiger partial charge < -0.3 is 10.1 Å². The summed E-state index contributed by atoms with van der Waals surface area (Å²) in [6.45, 7) is 5.90. The largest absolute Gasteiger partial charge is 0.446 e. The summed E-state index contributed by atoms with van der Waals surface area (Å²) < 4.78 is 5.52. The summed E-state index contributed by atoms with van der Waals surface area (Å²) in [7, 11) is 0. The van der Waals surface area contributed by atoms with E-state index >= 15 is 0 Å². The van der Waals surface area contributed by atoms with Crippen LogP contribution >= 0.6 is 0 Å². The monoisotopic (exact) mass is 237 g/mol. The molecule has 1 N–H and O–H groups in total. The third-order valence-corrected chi connectivity index (χ3v) is 3.47. The normalized spacial score (nSPS) is 33.9. The number of rotatable bonds is 1. The van der Waals surface area contributed by atoms with Crippen molar-refractivity contribution in [2.24, 2.45) is 11.8 Å². The quantitative estimate of drug-likeness (QED) is 0.711. The van der Waals surface area contributed by atoms with Gasteiger partial charge >= 0.3 is 6.09 Å². The van der Waals surface area contributed by atoms with E-state index in [0.29, 0.717) is 11.8 Å². The topological polar surface area (TPSA) is 38.3 Å². The average molecular weight is 237 g/mol. The highest BCUT2D eigenvalue weighted by atomic mass is 16.6. The molecule has 2 aliphatic carbocycles. The summed E-state index contributed by atoms with van der Waals surface area (Å²) in [5.74, 6) is 1.20. The van der Waals surface area contributed by atoms with Crippen LogP contribution in [0.15, 0.2) is 12.2 Å². The Kier molecular flexibility index (Phi) is 3.45. The van der Waals surface area contributed by atoms with Crippen molar-refractivity contribution in [3.63, 3.8) is 0 Å². The SMILES string of the molecule is CC(C)(C)NC(=O)OC1C2CC/C=C/CCC21. The van der Waals surface area contributed by atoms with E-state index in [1.165, 1.54) is 0 Å². The van der Waals surface area contributed by atoms with Crippen LogP contribution in [-0.4, -0.2) is 17.7 Å². The van der Waals surface area contributed by atoms with E-state index in [0.717, 1.165) is 25.7 Å². The highest BCUT2D eigenvalue weighted by molar-refractivity contribution is 5.68. The van der Waals surface area contributed by atoms with Crippen molar-refractivity contribution in [2.45, 2.75) is 58.1 Å². The first-order chi connectivity index (χ1) is 7.97. The number of carbonyl (C=O) groups excluding carboxylic acids is 1. The molecule has 0 aromatic carbocycles. The van der Waals surface area contributed by atoms with Crippen LogP contribution in [0.25, 0.3) is 0 Å². The first kappa shape index (κ1) is 12.5. The summed E-state index contributed by atoms with van der Waals surface area (Å²) in [5, 5.41) is 2.85. The van der Waals surface area contributed by atoms with E-state index in [4.69, 9.17) is 4.74 Å². The lowest BCUT2D eigenvalue weighted by Crippen LogP contribution is -2.41. The molecule has 2 unspecified atom stereocenters. The Balaban J connectivity index is 1.80. The summed E-state index contributed by atoms with van der Waals surface area (Å²) in [6.07, 6.45) is 8.98. The molecule has 3 heteroatoms. The van der Waals surface area contributed by atoms with Crippen LogP contribution in [0.1, 0.15) is 46.5 Å². The number of fused-ring (bicyclic) bond motifs is 1. The molecule has 1 fully saturated rings. The smallest absolute Gasteiger partial charge is 0.407 e. The number of amides is 1. The predicted molar refractivity (Wildman–Crippen MR) is 67.7 cm³/mol. The zero-order valence-electron chi connectivity index (χ0n) is 11.0. The molecule has 0 aliphatic heterocycles. The minimum Gasteiger partial charge on any atom is -0.446 e. The van der Waals surface area contributed by atoms with Gasteiger partial charge in [-0.25, -0.2) is 4.79 Å². The van der Waals surface area contributed by atoms with E-state index in [9.17, 15) is 4.79 Å². The van der Waals surface area contributed by atoms with E-state index in [-0.39, 0.29) is 17.7 Å². The molecule has 2 aliphatic rings. The Labute approximate surface area is 104 Å². The van der Waals surface area contributed by atoms with Gasteiger partial charge in [0.15, 0.2) is 0 Å². The van der Waals surface area contributed by atoms with E-state index < -0.39 is 0 Å². The number of alkyl carbamates (subject to hydrolysis) is 1. The summed E-state index contributed by atoms with van der Waals surface area (Å²) in [4.78, 5) is 11.7. The molecule has 0 radical (unpaired) electrons. The number of hydrogen-bond acceptors (Lipinski definition) is 2. The van der Waals surface area contributed by atoms with E-state index in [1.807, 2.05) is 20.8 Å². The second-order valence-corrected chi connectivity index (χ2v) is 6.20. The molecular formula is C14H23NO2. The molecule has 17 heavy (non-hydrogen) atoms. The molecule has 0 aromatic heterocycles. The highest BCUT2D eigenvalue weighted by Gasteiger charge is 2.52. The summed E-state index contributed by atoms with van der Waals surface area (Å²) in [6, 6.07) is 0. The Hall–Kier alpha value is -0.990. The molecule has 0 bridgehead atoms. The lowest BCUT2D eigenvalue weighted by Gasteiger charge is -2.20. The molecule has 0 spiro atoms. The van der Waals surface area contributed by atoms with Crippen LogP contribution in [0.4, 0.5) is 4.79 Å². The fourth-order valence-corrected chi connectivity index (χ4v) is 2.61. The fraction of sp³-hybridized carbons (Fsp3) is 0.786. The summed E-state index contributed by atoms with van der Waals surface area (Å²) >= 11 is 0. The van der Waals surface area contributed by atoms with Crippen molar-refractivity contribution < 1.29 is 9.53 Å². The lowest BCUT2D eigenvalue weighted by atomic mass is 10.1. The van der Waals surface area contributed by atoms with Gasteiger partial charge in [0.1, 0.15) is 6.10 Å². The van der Waals surface area contributed by atoms with Crippen molar-refractivity contribution in [2.75, 3.05) is 0 Å². The van der Waals surface area contributed by atoms with Gasteiger partial charge in [-0.2, -0.15) is 0 Å². The third-order valence-electron chi connectivity index (χ3n) is 3.47. The molecule has 1 saturated carbocycles. The Morgan fingerprint density at radius 3 is 2.18 bits per heavy atom. The van der Waals surface area contributed by atoms with Gasteiger partial charge in [-0.15, -0.1) is 0 Å².